The van der Waals surface area contributed by atoms with Gasteiger partial charge in [-0.2, -0.15) is 9.97 Å². The fourth-order valence-electron chi connectivity index (χ4n) is 11.4. The molecule has 0 unspecified atom stereocenters. The Balaban J connectivity index is 1.12. The molecule has 0 aliphatic carbocycles. The minimum atomic E-state index is -0.232. The third-order valence-corrected chi connectivity index (χ3v) is 16.0. The maximum Gasteiger partial charge on any atom is 0.238 e. The third-order valence-electron chi connectivity index (χ3n) is 16.0. The SMILES string of the molecule is CC(C)(C)c1cc(-c2cc(-c3nc(-c4ccccc4)nc(-c4ccccc4)n3)cc(-c3nc(-c4ccccc4)cc(-c4ccccc4)n3)c2N2c3ccccc3N(c3nc(-c4ccccc4)nc(-c4ccccc4)n3)c3ccccc32)cc(C(C)(C)C)c1. The molecule has 0 radical (unpaired) electrons. The Kier molecular flexibility index (Phi) is 14.2. The molecule has 0 fully saturated rings. The van der Waals surface area contributed by atoms with E-state index in [2.05, 4.69) is 185 Å². The van der Waals surface area contributed by atoms with Crippen molar-refractivity contribution in [3.05, 3.63) is 278 Å². The lowest BCUT2D eigenvalue weighted by atomic mass is 9.78. The summed E-state index contributed by atoms with van der Waals surface area (Å²) in [4.78, 5) is 47.8. The number of anilines is 6. The summed E-state index contributed by atoms with van der Waals surface area (Å²) in [5, 5.41) is 0. The summed E-state index contributed by atoms with van der Waals surface area (Å²) in [5.74, 6) is 3.71. The summed E-state index contributed by atoms with van der Waals surface area (Å²) in [7, 11) is 0. The number of fused-ring (bicyclic) bond motifs is 2. The van der Waals surface area contributed by atoms with Crippen LogP contribution >= 0.6 is 0 Å². The number of benzene rings is 10. The molecule has 0 N–H and O–H groups in total. The first-order chi connectivity index (χ1) is 42.9. The predicted molar refractivity (Wildman–Crippen MR) is 358 cm³/mol. The van der Waals surface area contributed by atoms with E-state index in [1.54, 1.807) is 0 Å². The van der Waals surface area contributed by atoms with Gasteiger partial charge in [-0.05, 0) is 70.0 Å². The van der Waals surface area contributed by atoms with Crippen LogP contribution in [0.4, 0.5) is 34.4 Å². The zero-order chi connectivity index (χ0) is 59.9. The molecular weight excluding hydrogens is 1080 g/mol. The van der Waals surface area contributed by atoms with Crippen molar-refractivity contribution in [3.8, 4) is 102 Å². The molecule has 1 aliphatic heterocycles. The van der Waals surface area contributed by atoms with Gasteiger partial charge in [0.05, 0.1) is 39.8 Å². The van der Waals surface area contributed by atoms with Crippen molar-refractivity contribution in [2.24, 2.45) is 0 Å². The summed E-state index contributed by atoms with van der Waals surface area (Å²) in [6.45, 7) is 13.7. The van der Waals surface area contributed by atoms with Gasteiger partial charge in [0.15, 0.2) is 34.9 Å². The Morgan fingerprint density at radius 2 is 0.545 bits per heavy atom. The molecule has 0 atom stereocenters. The van der Waals surface area contributed by atoms with E-state index >= 15 is 0 Å². The van der Waals surface area contributed by atoms with Gasteiger partial charge in [-0.25, -0.2) is 29.9 Å². The first kappa shape index (κ1) is 54.8. The van der Waals surface area contributed by atoms with E-state index in [9.17, 15) is 0 Å². The zero-order valence-electron chi connectivity index (χ0n) is 49.9. The highest BCUT2D eigenvalue weighted by atomic mass is 15.3. The summed E-state index contributed by atoms with van der Waals surface area (Å²) in [5.41, 5.74) is 16.6. The summed E-state index contributed by atoms with van der Waals surface area (Å²) in [6, 6.07) is 91.9. The third kappa shape index (κ3) is 10.8. The average Bonchev–Trinajstić information content (AvgIpc) is 0.900. The number of hydrogen-bond donors (Lipinski definition) is 0. The first-order valence-corrected chi connectivity index (χ1v) is 29.8. The quantitative estimate of drug-likeness (QED) is 0.124. The number of hydrogen-bond acceptors (Lipinski definition) is 10. The molecule has 88 heavy (non-hydrogen) atoms. The Labute approximate surface area is 513 Å². The van der Waals surface area contributed by atoms with E-state index in [0.717, 1.165) is 95.5 Å². The average molecular weight is 1140 g/mol. The molecular formula is C78H62N10. The summed E-state index contributed by atoms with van der Waals surface area (Å²) >= 11 is 0. The zero-order valence-corrected chi connectivity index (χ0v) is 49.9. The number of rotatable bonds is 11. The van der Waals surface area contributed by atoms with E-state index < -0.39 is 0 Å². The standard InChI is InChI=1S/C78H62N10/c1-77(2,3)59-45-57(46-60(49-59)78(4,5)6)61-47-58(74-82-70(53-33-17-9-18-34-53)81-71(83-74)54-35-19-10-20-36-54)48-62(75-79-63(51-29-13-7-14-30-51)50-64(80-75)52-31-15-8-16-32-52)69(61)87-65-41-25-27-43-67(65)88(68-44-28-26-42-66(68)87)76-85-72(55-37-21-11-22-38-55)84-73(86-76)56-39-23-12-24-40-56/h7-50H,1-6H3. The highest BCUT2D eigenvalue weighted by Crippen LogP contribution is 2.58. The number of aromatic nitrogens is 8. The van der Waals surface area contributed by atoms with E-state index in [4.69, 9.17) is 39.9 Å². The molecule has 0 bridgehead atoms. The molecule has 424 valence electrons. The van der Waals surface area contributed by atoms with Crippen molar-refractivity contribution in [2.75, 3.05) is 9.80 Å². The van der Waals surface area contributed by atoms with Gasteiger partial charge in [-0.3, -0.25) is 4.90 Å². The van der Waals surface area contributed by atoms with Crippen molar-refractivity contribution >= 4 is 34.4 Å². The largest absolute Gasteiger partial charge is 0.305 e. The van der Waals surface area contributed by atoms with E-state index in [1.165, 1.54) is 11.1 Å². The van der Waals surface area contributed by atoms with Gasteiger partial charge in [0.2, 0.25) is 5.95 Å². The lowest BCUT2D eigenvalue weighted by Gasteiger charge is -2.40. The molecule has 10 aromatic carbocycles. The van der Waals surface area contributed by atoms with E-state index in [1.807, 2.05) is 133 Å². The van der Waals surface area contributed by atoms with Crippen LogP contribution in [0.25, 0.3) is 102 Å². The maximum atomic E-state index is 5.69. The summed E-state index contributed by atoms with van der Waals surface area (Å²) < 4.78 is 0. The van der Waals surface area contributed by atoms with Crippen LogP contribution in [-0.2, 0) is 10.8 Å². The minimum Gasteiger partial charge on any atom is -0.305 e. The lowest BCUT2D eigenvalue weighted by Crippen LogP contribution is -2.26. The van der Waals surface area contributed by atoms with Crippen LogP contribution in [0, 0.1) is 0 Å². The van der Waals surface area contributed by atoms with Crippen molar-refractivity contribution in [3.63, 3.8) is 0 Å². The minimum absolute atomic E-state index is 0.232. The Morgan fingerprint density at radius 3 is 0.909 bits per heavy atom. The molecule has 3 aromatic heterocycles. The fraction of sp³-hybridized carbons (Fsp3) is 0.103. The molecule has 1 aliphatic rings. The number of nitrogens with zero attached hydrogens (tertiary/aromatic N) is 10. The van der Waals surface area contributed by atoms with Crippen molar-refractivity contribution in [1.29, 1.82) is 0 Å². The molecule has 10 heteroatoms. The predicted octanol–water partition coefficient (Wildman–Crippen LogP) is 19.7. The fourth-order valence-corrected chi connectivity index (χ4v) is 11.4. The van der Waals surface area contributed by atoms with Gasteiger partial charge < -0.3 is 4.90 Å². The lowest BCUT2D eigenvalue weighted by molar-refractivity contribution is 0.569. The highest BCUT2D eigenvalue weighted by Gasteiger charge is 2.36. The van der Waals surface area contributed by atoms with Gasteiger partial charge in [0, 0.05) is 50.1 Å². The van der Waals surface area contributed by atoms with Gasteiger partial charge in [0.1, 0.15) is 0 Å². The maximum absolute atomic E-state index is 5.69. The second kappa shape index (κ2) is 22.7. The van der Waals surface area contributed by atoms with Crippen LogP contribution < -0.4 is 9.80 Å². The van der Waals surface area contributed by atoms with E-state index in [-0.39, 0.29) is 10.8 Å². The molecule has 10 nitrogen and oxygen atoms in total. The first-order valence-electron chi connectivity index (χ1n) is 29.8. The normalized spacial score (nSPS) is 12.2. The smallest absolute Gasteiger partial charge is 0.238 e. The van der Waals surface area contributed by atoms with Crippen LogP contribution in [0.3, 0.4) is 0 Å². The van der Waals surface area contributed by atoms with Crippen molar-refractivity contribution < 1.29 is 0 Å². The molecule has 14 rings (SSSR count). The van der Waals surface area contributed by atoms with Gasteiger partial charge in [-0.1, -0.05) is 266 Å². The molecule has 4 heterocycles. The summed E-state index contributed by atoms with van der Waals surface area (Å²) in [6.07, 6.45) is 0. The van der Waals surface area contributed by atoms with Gasteiger partial charge >= 0.3 is 0 Å². The molecule has 0 amide bonds. The van der Waals surface area contributed by atoms with Crippen LogP contribution in [0.1, 0.15) is 52.7 Å². The Bertz CT molecular complexity index is 4430. The highest BCUT2D eigenvalue weighted by molar-refractivity contribution is 6.07. The van der Waals surface area contributed by atoms with Crippen LogP contribution in [0.2, 0.25) is 0 Å². The number of para-hydroxylation sites is 4. The molecule has 13 aromatic rings. The molecule has 0 saturated carbocycles. The Hall–Kier alpha value is -11.1. The van der Waals surface area contributed by atoms with Crippen molar-refractivity contribution in [2.45, 2.75) is 52.4 Å². The second-order valence-electron chi connectivity index (χ2n) is 24.1. The molecule has 0 saturated heterocycles. The Morgan fingerprint density at radius 1 is 0.239 bits per heavy atom. The van der Waals surface area contributed by atoms with Crippen LogP contribution in [-0.4, -0.2) is 39.9 Å². The van der Waals surface area contributed by atoms with Crippen LogP contribution in [0.15, 0.2) is 267 Å². The van der Waals surface area contributed by atoms with Crippen molar-refractivity contribution in [1.82, 2.24) is 39.9 Å². The monoisotopic (exact) mass is 1140 g/mol. The van der Waals surface area contributed by atoms with Crippen LogP contribution in [0.5, 0.6) is 0 Å². The van der Waals surface area contributed by atoms with Gasteiger partial charge in [0.25, 0.3) is 0 Å². The topological polar surface area (TPSA) is 110 Å². The molecule has 0 spiro atoms. The second-order valence-corrected chi connectivity index (χ2v) is 24.1. The van der Waals surface area contributed by atoms with E-state index in [0.29, 0.717) is 40.9 Å². The van der Waals surface area contributed by atoms with Gasteiger partial charge in [-0.15, -0.1) is 0 Å².